The maximum absolute atomic E-state index is 12.4. The summed E-state index contributed by atoms with van der Waals surface area (Å²) in [5, 5.41) is 11.0. The SMILES string of the molecule is COC(=O)C(CO)Nc1ncc(C(F)(F)F)cc1Cl. The van der Waals surface area contributed by atoms with E-state index in [1.165, 1.54) is 0 Å². The van der Waals surface area contributed by atoms with Crippen LogP contribution in [0.2, 0.25) is 5.02 Å². The first-order valence-corrected chi connectivity index (χ1v) is 5.35. The number of pyridine rings is 1. The highest BCUT2D eigenvalue weighted by molar-refractivity contribution is 6.33. The lowest BCUT2D eigenvalue weighted by Crippen LogP contribution is -2.34. The van der Waals surface area contributed by atoms with Crippen LogP contribution in [0.5, 0.6) is 0 Å². The summed E-state index contributed by atoms with van der Waals surface area (Å²) in [5.41, 5.74) is -1.01. The second-order valence-electron chi connectivity index (χ2n) is 3.45. The molecule has 1 aromatic heterocycles. The van der Waals surface area contributed by atoms with Gasteiger partial charge in [-0.05, 0) is 6.07 Å². The molecule has 1 heterocycles. The lowest BCUT2D eigenvalue weighted by molar-refractivity contribution is -0.142. The zero-order valence-electron chi connectivity index (χ0n) is 9.66. The molecule has 0 fully saturated rings. The van der Waals surface area contributed by atoms with Crippen molar-refractivity contribution in [3.63, 3.8) is 0 Å². The van der Waals surface area contributed by atoms with E-state index in [-0.39, 0.29) is 10.8 Å². The summed E-state index contributed by atoms with van der Waals surface area (Å²) in [6.07, 6.45) is -3.99. The number of aliphatic hydroxyl groups excluding tert-OH is 1. The monoisotopic (exact) mass is 298 g/mol. The number of aliphatic hydroxyl groups is 1. The minimum absolute atomic E-state index is 0.154. The third kappa shape index (κ3) is 3.97. The number of nitrogens with one attached hydrogen (secondary N) is 1. The lowest BCUT2D eigenvalue weighted by atomic mass is 10.2. The van der Waals surface area contributed by atoms with Gasteiger partial charge in [0.1, 0.15) is 11.9 Å². The van der Waals surface area contributed by atoms with E-state index in [2.05, 4.69) is 15.0 Å². The highest BCUT2D eigenvalue weighted by Crippen LogP contribution is 2.32. The molecule has 0 aliphatic carbocycles. The van der Waals surface area contributed by atoms with Crippen LogP contribution in [0.1, 0.15) is 5.56 Å². The van der Waals surface area contributed by atoms with Gasteiger partial charge in [0.05, 0.1) is 24.3 Å². The molecule has 1 aromatic rings. The third-order valence-electron chi connectivity index (χ3n) is 2.15. The fourth-order valence-corrected chi connectivity index (χ4v) is 1.41. The van der Waals surface area contributed by atoms with Crippen molar-refractivity contribution in [2.75, 3.05) is 19.0 Å². The Morgan fingerprint density at radius 2 is 2.26 bits per heavy atom. The van der Waals surface area contributed by atoms with Gasteiger partial charge in [-0.2, -0.15) is 13.2 Å². The number of alkyl halides is 3. The summed E-state index contributed by atoms with van der Waals surface area (Å²) in [6.45, 7) is -0.619. The summed E-state index contributed by atoms with van der Waals surface area (Å²) in [5.74, 6) is -0.945. The first-order valence-electron chi connectivity index (χ1n) is 4.97. The number of methoxy groups -OCH3 is 1. The minimum Gasteiger partial charge on any atom is -0.467 e. The Kier molecular flexibility index (Phi) is 4.96. The Hall–Kier alpha value is -1.54. The molecular weight excluding hydrogens is 289 g/mol. The molecule has 0 aliphatic rings. The second-order valence-corrected chi connectivity index (χ2v) is 3.86. The number of hydrogen-bond donors (Lipinski definition) is 2. The van der Waals surface area contributed by atoms with Gasteiger partial charge in [-0.3, -0.25) is 0 Å². The molecule has 0 aromatic carbocycles. The van der Waals surface area contributed by atoms with Crippen molar-refractivity contribution >= 4 is 23.4 Å². The summed E-state index contributed by atoms with van der Waals surface area (Å²) in [6, 6.07) is -0.491. The third-order valence-corrected chi connectivity index (χ3v) is 2.44. The molecule has 1 rings (SSSR count). The number of carbonyl (C=O) groups is 1. The number of halogens is 4. The van der Waals surface area contributed by atoms with E-state index < -0.39 is 30.4 Å². The average molecular weight is 299 g/mol. The number of nitrogens with zero attached hydrogens (tertiary/aromatic N) is 1. The zero-order chi connectivity index (χ0) is 14.6. The summed E-state index contributed by atoms with van der Waals surface area (Å²) in [4.78, 5) is 14.7. The lowest BCUT2D eigenvalue weighted by Gasteiger charge is -2.16. The number of anilines is 1. The van der Waals surface area contributed by atoms with Gasteiger partial charge in [0.2, 0.25) is 0 Å². The van der Waals surface area contributed by atoms with Crippen LogP contribution in [0.3, 0.4) is 0 Å². The number of hydrogen-bond acceptors (Lipinski definition) is 5. The van der Waals surface area contributed by atoms with Crippen LogP contribution in [0.15, 0.2) is 12.3 Å². The fraction of sp³-hybridized carbons (Fsp3) is 0.400. The smallest absolute Gasteiger partial charge is 0.417 e. The van der Waals surface area contributed by atoms with Gasteiger partial charge in [0.15, 0.2) is 0 Å². The van der Waals surface area contributed by atoms with Crippen LogP contribution < -0.4 is 5.32 Å². The highest BCUT2D eigenvalue weighted by atomic mass is 35.5. The predicted molar refractivity (Wildman–Crippen MR) is 60.8 cm³/mol. The van der Waals surface area contributed by atoms with Crippen molar-refractivity contribution in [3.05, 3.63) is 22.8 Å². The maximum Gasteiger partial charge on any atom is 0.417 e. The van der Waals surface area contributed by atoms with E-state index in [1.54, 1.807) is 0 Å². The molecule has 9 heteroatoms. The quantitative estimate of drug-likeness (QED) is 0.828. The van der Waals surface area contributed by atoms with E-state index >= 15 is 0 Å². The van der Waals surface area contributed by atoms with E-state index in [0.717, 1.165) is 7.11 Å². The molecule has 0 radical (unpaired) electrons. The largest absolute Gasteiger partial charge is 0.467 e. The Balaban J connectivity index is 2.94. The Morgan fingerprint density at radius 1 is 1.63 bits per heavy atom. The molecule has 0 saturated heterocycles. The van der Waals surface area contributed by atoms with Crippen molar-refractivity contribution < 1.29 is 27.8 Å². The van der Waals surface area contributed by atoms with Crippen LogP contribution >= 0.6 is 11.6 Å². The van der Waals surface area contributed by atoms with Crippen LogP contribution in [-0.4, -0.2) is 35.8 Å². The first kappa shape index (κ1) is 15.5. The molecule has 0 bridgehead atoms. The molecule has 2 N–H and O–H groups in total. The van der Waals surface area contributed by atoms with Gasteiger partial charge in [-0.1, -0.05) is 11.6 Å². The molecule has 1 unspecified atom stereocenters. The summed E-state index contributed by atoms with van der Waals surface area (Å²) >= 11 is 5.63. The van der Waals surface area contributed by atoms with E-state index in [1.807, 2.05) is 0 Å². The van der Waals surface area contributed by atoms with Crippen LogP contribution in [0.4, 0.5) is 19.0 Å². The molecule has 0 aliphatic heterocycles. The van der Waals surface area contributed by atoms with Gasteiger partial charge in [0.25, 0.3) is 0 Å². The van der Waals surface area contributed by atoms with E-state index in [0.29, 0.717) is 12.3 Å². The van der Waals surface area contributed by atoms with Gasteiger partial charge in [-0.15, -0.1) is 0 Å². The molecular formula is C10H10ClF3N2O3. The molecule has 0 amide bonds. The van der Waals surface area contributed by atoms with Gasteiger partial charge < -0.3 is 15.2 Å². The Labute approximate surface area is 111 Å². The second kappa shape index (κ2) is 6.07. The minimum atomic E-state index is -4.56. The van der Waals surface area contributed by atoms with Crippen molar-refractivity contribution in [2.24, 2.45) is 0 Å². The van der Waals surface area contributed by atoms with Gasteiger partial charge >= 0.3 is 12.1 Å². The topological polar surface area (TPSA) is 71.5 Å². The molecule has 106 valence electrons. The van der Waals surface area contributed by atoms with E-state index in [4.69, 9.17) is 16.7 Å². The highest BCUT2D eigenvalue weighted by Gasteiger charge is 2.32. The number of ether oxygens (including phenoxy) is 1. The number of esters is 1. The normalized spacial score (nSPS) is 12.9. The number of rotatable bonds is 4. The first-order chi connectivity index (χ1) is 8.79. The molecule has 19 heavy (non-hydrogen) atoms. The van der Waals surface area contributed by atoms with Gasteiger partial charge in [-0.25, -0.2) is 9.78 Å². The van der Waals surface area contributed by atoms with Crippen LogP contribution in [-0.2, 0) is 15.7 Å². The van der Waals surface area contributed by atoms with Crippen LogP contribution in [0, 0.1) is 0 Å². The molecule has 0 spiro atoms. The summed E-state index contributed by atoms with van der Waals surface area (Å²) < 4.78 is 41.5. The Morgan fingerprint density at radius 3 is 2.68 bits per heavy atom. The van der Waals surface area contributed by atoms with Crippen molar-refractivity contribution in [1.82, 2.24) is 4.98 Å². The summed E-state index contributed by atoms with van der Waals surface area (Å²) in [7, 11) is 1.11. The fourth-order valence-electron chi connectivity index (χ4n) is 1.19. The molecule has 5 nitrogen and oxygen atoms in total. The van der Waals surface area contributed by atoms with E-state index in [9.17, 15) is 18.0 Å². The standard InChI is InChI=1S/C10H10ClF3N2O3/c1-19-9(18)7(4-17)16-8-6(11)2-5(3-15-8)10(12,13)14/h2-3,7,17H,4H2,1H3,(H,15,16). The van der Waals surface area contributed by atoms with Crippen molar-refractivity contribution in [1.29, 1.82) is 0 Å². The van der Waals surface area contributed by atoms with Gasteiger partial charge in [0, 0.05) is 6.20 Å². The number of carbonyl (C=O) groups excluding carboxylic acids is 1. The Bertz CT molecular complexity index is 468. The predicted octanol–water partition coefficient (Wildman–Crippen LogP) is 1.70. The maximum atomic E-state index is 12.4. The average Bonchev–Trinajstić information content (AvgIpc) is 2.35. The van der Waals surface area contributed by atoms with Crippen molar-refractivity contribution in [2.45, 2.75) is 12.2 Å². The molecule has 1 atom stereocenters. The zero-order valence-corrected chi connectivity index (χ0v) is 10.4. The van der Waals surface area contributed by atoms with Crippen molar-refractivity contribution in [3.8, 4) is 0 Å². The molecule has 0 saturated carbocycles. The van der Waals surface area contributed by atoms with Crippen LogP contribution in [0.25, 0.3) is 0 Å². The number of aromatic nitrogens is 1.